The summed E-state index contributed by atoms with van der Waals surface area (Å²) in [5.41, 5.74) is 1.49. The Morgan fingerprint density at radius 1 is 1.05 bits per heavy atom. The third kappa shape index (κ3) is 4.12. The summed E-state index contributed by atoms with van der Waals surface area (Å²) in [5.74, 6) is -2.97. The van der Waals surface area contributed by atoms with Gasteiger partial charge in [0.15, 0.2) is 11.6 Å². The standard InChI is InChI=1S/C16H14F2N2O2/c1-10-3-2-4-11(7-10)16(22)19-9-15(21)20-12-5-6-13(17)14(18)8-12/h2-8H,9H2,1H3,(H,19,22)(H,20,21). The third-order valence-electron chi connectivity index (χ3n) is 2.89. The Morgan fingerprint density at radius 3 is 2.50 bits per heavy atom. The normalized spacial score (nSPS) is 10.1. The summed E-state index contributed by atoms with van der Waals surface area (Å²) >= 11 is 0. The van der Waals surface area contributed by atoms with Gasteiger partial charge in [0.25, 0.3) is 5.91 Å². The minimum Gasteiger partial charge on any atom is -0.343 e. The van der Waals surface area contributed by atoms with Crippen molar-refractivity contribution in [3.05, 3.63) is 65.2 Å². The van der Waals surface area contributed by atoms with E-state index in [1.807, 2.05) is 13.0 Å². The topological polar surface area (TPSA) is 58.2 Å². The molecule has 0 heterocycles. The Morgan fingerprint density at radius 2 is 1.82 bits per heavy atom. The summed E-state index contributed by atoms with van der Waals surface area (Å²) in [6, 6.07) is 9.95. The first-order valence-corrected chi connectivity index (χ1v) is 6.55. The van der Waals surface area contributed by atoms with Gasteiger partial charge in [-0.1, -0.05) is 17.7 Å². The zero-order valence-electron chi connectivity index (χ0n) is 11.8. The van der Waals surface area contributed by atoms with Gasteiger partial charge in [-0.05, 0) is 31.2 Å². The van der Waals surface area contributed by atoms with Crippen LogP contribution < -0.4 is 10.6 Å². The third-order valence-corrected chi connectivity index (χ3v) is 2.89. The highest BCUT2D eigenvalue weighted by Crippen LogP contribution is 2.12. The first kappa shape index (κ1) is 15.6. The van der Waals surface area contributed by atoms with Crippen molar-refractivity contribution in [2.75, 3.05) is 11.9 Å². The Labute approximate surface area is 126 Å². The van der Waals surface area contributed by atoms with Crippen LogP contribution in [0.25, 0.3) is 0 Å². The van der Waals surface area contributed by atoms with Crippen molar-refractivity contribution >= 4 is 17.5 Å². The van der Waals surface area contributed by atoms with Crippen molar-refractivity contribution in [2.45, 2.75) is 6.92 Å². The molecule has 6 heteroatoms. The maximum atomic E-state index is 13.0. The van der Waals surface area contributed by atoms with Crippen LogP contribution >= 0.6 is 0 Å². The summed E-state index contributed by atoms with van der Waals surface area (Å²) < 4.78 is 25.8. The van der Waals surface area contributed by atoms with Gasteiger partial charge in [0, 0.05) is 17.3 Å². The second-order valence-electron chi connectivity index (χ2n) is 4.73. The molecule has 0 aliphatic carbocycles. The fourth-order valence-electron chi connectivity index (χ4n) is 1.83. The molecule has 0 atom stereocenters. The van der Waals surface area contributed by atoms with Gasteiger partial charge in [-0.2, -0.15) is 0 Å². The van der Waals surface area contributed by atoms with E-state index in [1.165, 1.54) is 6.07 Å². The second kappa shape index (κ2) is 6.80. The number of amides is 2. The summed E-state index contributed by atoms with van der Waals surface area (Å²) in [6.07, 6.45) is 0. The molecule has 2 amide bonds. The van der Waals surface area contributed by atoms with Crippen LogP contribution in [0.4, 0.5) is 14.5 Å². The van der Waals surface area contributed by atoms with E-state index in [0.29, 0.717) is 5.56 Å². The van der Waals surface area contributed by atoms with E-state index in [0.717, 1.165) is 17.7 Å². The highest BCUT2D eigenvalue weighted by Gasteiger charge is 2.09. The summed E-state index contributed by atoms with van der Waals surface area (Å²) in [6.45, 7) is 1.58. The van der Waals surface area contributed by atoms with Crippen LogP contribution in [-0.4, -0.2) is 18.4 Å². The molecule has 0 saturated heterocycles. The molecule has 2 N–H and O–H groups in total. The number of carbonyl (C=O) groups excluding carboxylic acids is 2. The number of nitrogens with one attached hydrogen (secondary N) is 2. The van der Waals surface area contributed by atoms with E-state index in [4.69, 9.17) is 0 Å². The van der Waals surface area contributed by atoms with E-state index in [9.17, 15) is 18.4 Å². The van der Waals surface area contributed by atoms with Crippen LogP contribution in [0.3, 0.4) is 0 Å². The highest BCUT2D eigenvalue weighted by molar-refractivity contribution is 5.99. The van der Waals surface area contributed by atoms with E-state index in [2.05, 4.69) is 10.6 Å². The van der Waals surface area contributed by atoms with Crippen molar-refractivity contribution in [3.8, 4) is 0 Å². The number of aryl methyl sites for hydroxylation is 1. The quantitative estimate of drug-likeness (QED) is 0.912. The van der Waals surface area contributed by atoms with Crippen LogP contribution in [0.15, 0.2) is 42.5 Å². The molecule has 0 aliphatic heterocycles. The molecule has 114 valence electrons. The number of hydrogen-bond donors (Lipinski definition) is 2. The summed E-state index contributed by atoms with van der Waals surface area (Å²) in [7, 11) is 0. The Bertz CT molecular complexity index is 717. The minimum absolute atomic E-state index is 0.119. The largest absolute Gasteiger partial charge is 0.343 e. The smallest absolute Gasteiger partial charge is 0.251 e. The minimum atomic E-state index is -1.05. The predicted molar refractivity (Wildman–Crippen MR) is 78.5 cm³/mol. The molecule has 2 aromatic rings. The van der Waals surface area contributed by atoms with Crippen LogP contribution in [0.5, 0.6) is 0 Å². The van der Waals surface area contributed by atoms with E-state index in [1.54, 1.807) is 18.2 Å². The zero-order valence-corrected chi connectivity index (χ0v) is 11.8. The molecule has 2 rings (SSSR count). The fraction of sp³-hybridized carbons (Fsp3) is 0.125. The lowest BCUT2D eigenvalue weighted by molar-refractivity contribution is -0.115. The first-order chi connectivity index (χ1) is 10.5. The monoisotopic (exact) mass is 304 g/mol. The molecule has 0 radical (unpaired) electrons. The van der Waals surface area contributed by atoms with Gasteiger partial charge in [0.1, 0.15) is 0 Å². The van der Waals surface area contributed by atoms with Crippen molar-refractivity contribution in [1.29, 1.82) is 0 Å². The van der Waals surface area contributed by atoms with Gasteiger partial charge in [-0.25, -0.2) is 8.78 Å². The van der Waals surface area contributed by atoms with Gasteiger partial charge in [0.2, 0.25) is 5.91 Å². The summed E-state index contributed by atoms with van der Waals surface area (Å²) in [4.78, 5) is 23.5. The molecule has 4 nitrogen and oxygen atoms in total. The number of carbonyl (C=O) groups is 2. The molecule has 0 saturated carbocycles. The van der Waals surface area contributed by atoms with Crippen LogP contribution in [0, 0.1) is 18.6 Å². The molecule has 0 aromatic heterocycles. The van der Waals surface area contributed by atoms with Gasteiger partial charge in [-0.3, -0.25) is 9.59 Å². The maximum Gasteiger partial charge on any atom is 0.251 e. The molecule has 0 aliphatic rings. The fourth-order valence-corrected chi connectivity index (χ4v) is 1.83. The SMILES string of the molecule is Cc1cccc(C(=O)NCC(=O)Nc2ccc(F)c(F)c2)c1. The first-order valence-electron chi connectivity index (χ1n) is 6.55. The Balaban J connectivity index is 1.90. The Hall–Kier alpha value is -2.76. The van der Waals surface area contributed by atoms with Crippen molar-refractivity contribution in [3.63, 3.8) is 0 Å². The van der Waals surface area contributed by atoms with Crippen LogP contribution in [0.2, 0.25) is 0 Å². The molecule has 0 fully saturated rings. The van der Waals surface area contributed by atoms with Gasteiger partial charge in [0.05, 0.1) is 6.54 Å². The molecule has 2 aromatic carbocycles. The predicted octanol–water partition coefficient (Wildman–Crippen LogP) is 2.64. The van der Waals surface area contributed by atoms with Gasteiger partial charge >= 0.3 is 0 Å². The maximum absolute atomic E-state index is 13.0. The number of halogens is 2. The van der Waals surface area contributed by atoms with E-state index < -0.39 is 17.5 Å². The lowest BCUT2D eigenvalue weighted by Gasteiger charge is -2.07. The average Bonchev–Trinajstić information content (AvgIpc) is 2.48. The molecular formula is C16H14F2N2O2. The molecule has 0 bridgehead atoms. The van der Waals surface area contributed by atoms with Crippen molar-refractivity contribution < 1.29 is 18.4 Å². The van der Waals surface area contributed by atoms with Crippen LogP contribution in [-0.2, 0) is 4.79 Å². The van der Waals surface area contributed by atoms with Crippen molar-refractivity contribution in [2.24, 2.45) is 0 Å². The molecular weight excluding hydrogens is 290 g/mol. The average molecular weight is 304 g/mol. The second-order valence-corrected chi connectivity index (χ2v) is 4.73. The molecule has 0 unspecified atom stereocenters. The lowest BCUT2D eigenvalue weighted by Crippen LogP contribution is -2.32. The van der Waals surface area contributed by atoms with Gasteiger partial charge in [-0.15, -0.1) is 0 Å². The molecule has 0 spiro atoms. The highest BCUT2D eigenvalue weighted by atomic mass is 19.2. The summed E-state index contributed by atoms with van der Waals surface area (Å²) in [5, 5.41) is 4.82. The van der Waals surface area contributed by atoms with E-state index in [-0.39, 0.29) is 18.1 Å². The number of benzene rings is 2. The lowest BCUT2D eigenvalue weighted by atomic mass is 10.1. The Kier molecular flexibility index (Phi) is 4.83. The number of rotatable bonds is 4. The number of anilines is 1. The van der Waals surface area contributed by atoms with Crippen LogP contribution in [0.1, 0.15) is 15.9 Å². The molecule has 22 heavy (non-hydrogen) atoms. The van der Waals surface area contributed by atoms with E-state index >= 15 is 0 Å². The zero-order chi connectivity index (χ0) is 16.1. The van der Waals surface area contributed by atoms with Gasteiger partial charge < -0.3 is 10.6 Å². The van der Waals surface area contributed by atoms with Crippen molar-refractivity contribution in [1.82, 2.24) is 5.32 Å². The number of hydrogen-bond acceptors (Lipinski definition) is 2.